The highest BCUT2D eigenvalue weighted by Crippen LogP contribution is 2.08. The minimum atomic E-state index is -0.399. The molecule has 0 heterocycles. The van der Waals surface area contributed by atoms with Crippen LogP contribution in [-0.2, 0) is 0 Å². The van der Waals surface area contributed by atoms with Gasteiger partial charge in [-0.05, 0) is 18.2 Å². The Morgan fingerprint density at radius 3 is 2.87 bits per heavy atom. The van der Waals surface area contributed by atoms with Crippen molar-refractivity contribution in [2.45, 2.75) is 0 Å². The van der Waals surface area contributed by atoms with Crippen molar-refractivity contribution in [2.75, 3.05) is 5.43 Å². The molecule has 0 aliphatic rings. The van der Waals surface area contributed by atoms with Crippen LogP contribution in [0, 0.1) is 17.1 Å². The van der Waals surface area contributed by atoms with E-state index in [-0.39, 0.29) is 10.7 Å². The first-order chi connectivity index (χ1) is 7.13. The number of hydrogen-bond donors (Lipinski definition) is 2. The standard InChI is InChI=1S/C9H7FN4S/c10-6-2-1-3-7(4-6)13-14-8(5-11)9(12)15/h1-4,13H,(H2,12,15)/b14-8-. The molecule has 1 aromatic rings. The molecule has 0 saturated heterocycles. The van der Waals surface area contributed by atoms with Gasteiger partial charge in [-0.15, -0.1) is 0 Å². The van der Waals surface area contributed by atoms with Crippen LogP contribution in [0.2, 0.25) is 0 Å². The van der Waals surface area contributed by atoms with Gasteiger partial charge >= 0.3 is 0 Å². The highest BCUT2D eigenvalue weighted by Gasteiger charge is 2.00. The molecule has 0 radical (unpaired) electrons. The first-order valence-electron chi connectivity index (χ1n) is 3.92. The number of nitrogens with zero attached hydrogens (tertiary/aromatic N) is 2. The number of hydrogen-bond acceptors (Lipinski definition) is 4. The molecular weight excluding hydrogens is 215 g/mol. The molecule has 1 rings (SSSR count). The molecule has 4 nitrogen and oxygen atoms in total. The number of nitrogens with one attached hydrogen (secondary N) is 1. The van der Waals surface area contributed by atoms with E-state index in [4.69, 9.17) is 11.0 Å². The molecule has 0 bridgehead atoms. The minimum Gasteiger partial charge on any atom is -0.387 e. The van der Waals surface area contributed by atoms with Crippen LogP contribution in [0.5, 0.6) is 0 Å². The number of thiocarbonyl (C=S) groups is 1. The van der Waals surface area contributed by atoms with Gasteiger partial charge in [-0.2, -0.15) is 10.4 Å². The van der Waals surface area contributed by atoms with Crippen molar-refractivity contribution in [2.24, 2.45) is 10.8 Å². The van der Waals surface area contributed by atoms with Crippen molar-refractivity contribution in [1.82, 2.24) is 0 Å². The molecule has 3 N–H and O–H groups in total. The summed E-state index contributed by atoms with van der Waals surface area (Å²) in [6.45, 7) is 0. The van der Waals surface area contributed by atoms with Gasteiger partial charge in [0.25, 0.3) is 0 Å². The van der Waals surface area contributed by atoms with Crippen molar-refractivity contribution >= 4 is 28.6 Å². The predicted octanol–water partition coefficient (Wildman–Crippen LogP) is 1.40. The van der Waals surface area contributed by atoms with Crippen LogP contribution in [-0.4, -0.2) is 10.7 Å². The molecule has 15 heavy (non-hydrogen) atoms. The molecule has 0 atom stereocenters. The Morgan fingerprint density at radius 1 is 1.60 bits per heavy atom. The van der Waals surface area contributed by atoms with E-state index in [9.17, 15) is 4.39 Å². The third-order valence-corrected chi connectivity index (χ3v) is 1.65. The fourth-order valence-electron chi connectivity index (χ4n) is 0.814. The second-order valence-corrected chi connectivity index (χ2v) is 3.00. The van der Waals surface area contributed by atoms with Crippen LogP contribution in [0.15, 0.2) is 29.4 Å². The van der Waals surface area contributed by atoms with Gasteiger partial charge in [0.05, 0.1) is 5.69 Å². The zero-order valence-corrected chi connectivity index (χ0v) is 8.38. The van der Waals surface area contributed by atoms with Crippen molar-refractivity contribution in [3.63, 3.8) is 0 Å². The molecule has 0 saturated carbocycles. The Bertz CT molecular complexity index is 450. The van der Waals surface area contributed by atoms with Crippen LogP contribution in [0.3, 0.4) is 0 Å². The van der Waals surface area contributed by atoms with Gasteiger partial charge in [0.15, 0.2) is 5.71 Å². The third kappa shape index (κ3) is 3.32. The number of anilines is 1. The largest absolute Gasteiger partial charge is 0.387 e. The highest BCUT2D eigenvalue weighted by atomic mass is 32.1. The van der Waals surface area contributed by atoms with Gasteiger partial charge in [0.2, 0.25) is 0 Å². The van der Waals surface area contributed by atoms with E-state index in [1.54, 1.807) is 12.1 Å². The summed E-state index contributed by atoms with van der Waals surface area (Å²) in [4.78, 5) is -0.110. The maximum Gasteiger partial charge on any atom is 0.194 e. The lowest BCUT2D eigenvalue weighted by Crippen LogP contribution is -2.20. The first-order valence-corrected chi connectivity index (χ1v) is 4.33. The Labute approximate surface area is 91.2 Å². The van der Waals surface area contributed by atoms with Crippen molar-refractivity contribution in [3.8, 4) is 6.07 Å². The molecule has 1 aromatic carbocycles. The van der Waals surface area contributed by atoms with Crippen LogP contribution >= 0.6 is 12.2 Å². The summed E-state index contributed by atoms with van der Waals surface area (Å²) >= 11 is 4.57. The molecule has 0 fully saturated rings. The maximum absolute atomic E-state index is 12.7. The van der Waals surface area contributed by atoms with Crippen LogP contribution in [0.1, 0.15) is 0 Å². The lowest BCUT2D eigenvalue weighted by atomic mass is 10.3. The predicted molar refractivity (Wildman–Crippen MR) is 59.9 cm³/mol. The van der Waals surface area contributed by atoms with Crippen LogP contribution in [0.25, 0.3) is 0 Å². The van der Waals surface area contributed by atoms with Gasteiger partial charge < -0.3 is 5.73 Å². The SMILES string of the molecule is N#C/C(=N/Nc1cccc(F)c1)C(N)=S. The summed E-state index contributed by atoms with van der Waals surface area (Å²) in [5, 5.41) is 12.2. The molecule has 0 amide bonds. The molecule has 6 heteroatoms. The molecular formula is C9H7FN4S. The topological polar surface area (TPSA) is 74.2 Å². The van der Waals surface area contributed by atoms with Crippen molar-refractivity contribution < 1.29 is 4.39 Å². The highest BCUT2D eigenvalue weighted by molar-refractivity contribution is 7.82. The van der Waals surface area contributed by atoms with E-state index in [1.165, 1.54) is 18.2 Å². The minimum absolute atomic E-state index is 0.103. The molecule has 0 aromatic heterocycles. The van der Waals surface area contributed by atoms with Gasteiger partial charge in [-0.25, -0.2) is 4.39 Å². The second kappa shape index (κ2) is 5.02. The van der Waals surface area contributed by atoms with Crippen molar-refractivity contribution in [1.29, 1.82) is 5.26 Å². The molecule has 0 aliphatic carbocycles. The summed E-state index contributed by atoms with van der Waals surface area (Å²) in [7, 11) is 0. The molecule has 76 valence electrons. The van der Waals surface area contributed by atoms with Gasteiger partial charge in [0.1, 0.15) is 16.9 Å². The Hall–Kier alpha value is -2.00. The number of rotatable bonds is 3. The van der Waals surface area contributed by atoms with Crippen molar-refractivity contribution in [3.05, 3.63) is 30.1 Å². The quantitative estimate of drug-likeness (QED) is 0.460. The van der Waals surface area contributed by atoms with Gasteiger partial charge in [0, 0.05) is 0 Å². The second-order valence-electron chi connectivity index (χ2n) is 2.56. The van der Waals surface area contributed by atoms with E-state index in [0.29, 0.717) is 5.69 Å². The van der Waals surface area contributed by atoms with E-state index in [0.717, 1.165) is 0 Å². The lowest BCUT2D eigenvalue weighted by molar-refractivity contribution is 0.628. The monoisotopic (exact) mass is 222 g/mol. The van der Waals surface area contributed by atoms with Gasteiger partial charge in [-0.3, -0.25) is 5.43 Å². The van der Waals surface area contributed by atoms with E-state index in [2.05, 4.69) is 22.7 Å². The number of nitrogens with two attached hydrogens (primary N) is 1. The van der Waals surface area contributed by atoms with Crippen LogP contribution in [0.4, 0.5) is 10.1 Å². The van der Waals surface area contributed by atoms with E-state index >= 15 is 0 Å². The summed E-state index contributed by atoms with van der Waals surface area (Å²) in [5.74, 6) is -0.399. The average Bonchev–Trinajstić information content (AvgIpc) is 2.18. The summed E-state index contributed by atoms with van der Waals surface area (Å²) in [5.41, 5.74) is 7.99. The fraction of sp³-hybridized carbons (Fsp3) is 0. The molecule has 0 unspecified atom stereocenters. The Kier molecular flexibility index (Phi) is 3.71. The Morgan fingerprint density at radius 2 is 2.33 bits per heavy atom. The molecule has 0 aliphatic heterocycles. The summed E-state index contributed by atoms with van der Waals surface area (Å²) in [6.07, 6.45) is 0. The Balaban J connectivity index is 2.80. The number of nitriles is 1. The molecule has 0 spiro atoms. The average molecular weight is 222 g/mol. The van der Waals surface area contributed by atoms with Gasteiger partial charge in [-0.1, -0.05) is 18.3 Å². The maximum atomic E-state index is 12.7. The number of benzene rings is 1. The normalized spacial score (nSPS) is 10.5. The zero-order chi connectivity index (χ0) is 11.3. The third-order valence-electron chi connectivity index (χ3n) is 1.46. The first kappa shape index (κ1) is 11.1. The number of halogens is 1. The summed E-state index contributed by atoms with van der Waals surface area (Å²) < 4.78 is 12.7. The fourth-order valence-corrected chi connectivity index (χ4v) is 0.905. The summed E-state index contributed by atoms with van der Waals surface area (Å²) in [6, 6.07) is 7.36. The smallest absolute Gasteiger partial charge is 0.194 e. The zero-order valence-electron chi connectivity index (χ0n) is 7.57. The van der Waals surface area contributed by atoms with Crippen LogP contribution < -0.4 is 11.2 Å². The number of hydrazone groups is 1. The van der Waals surface area contributed by atoms with E-state index < -0.39 is 5.82 Å². The lowest BCUT2D eigenvalue weighted by Gasteiger charge is -2.00. The van der Waals surface area contributed by atoms with E-state index in [1.807, 2.05) is 0 Å².